The van der Waals surface area contributed by atoms with Crippen LogP contribution in [-0.4, -0.2) is 60.7 Å². The molecule has 1 aromatic rings. The Kier molecular flexibility index (Phi) is 12.0. The van der Waals surface area contributed by atoms with Crippen molar-refractivity contribution in [2.45, 2.75) is 52.7 Å². The first-order chi connectivity index (χ1) is 13.5. The molecule has 3 N–H and O–H groups in total. The first kappa shape index (κ1) is 25.5. The number of nitrogens with zero attached hydrogens (tertiary/aromatic N) is 3. The van der Waals surface area contributed by atoms with Crippen molar-refractivity contribution in [3.05, 3.63) is 35.4 Å². The standard InChI is InChI=1S/C21H35N5O2.HI/c1-4-25(5-2)16-18-9-7-8-17(14-18)15-23-20(22)24-19-10-12-26(13-11-19)21(27)28-6-3;/h7-9,14,19H,4-6,10-13,15-16H2,1-3H3,(H3,22,23,24);1H. The first-order valence-corrected chi connectivity index (χ1v) is 10.3. The lowest BCUT2D eigenvalue weighted by atomic mass is 10.1. The summed E-state index contributed by atoms with van der Waals surface area (Å²) in [6.07, 6.45) is 1.45. The number of hydrogen-bond donors (Lipinski definition) is 2. The first-order valence-electron chi connectivity index (χ1n) is 10.3. The van der Waals surface area contributed by atoms with Gasteiger partial charge in [0.2, 0.25) is 0 Å². The molecule has 1 fully saturated rings. The van der Waals surface area contributed by atoms with Gasteiger partial charge in [-0.1, -0.05) is 38.1 Å². The Morgan fingerprint density at radius 1 is 1.24 bits per heavy atom. The number of likely N-dealkylation sites (tertiary alicyclic amines) is 1. The maximum absolute atomic E-state index is 11.8. The Balaban J connectivity index is 0.00000420. The zero-order valence-corrected chi connectivity index (χ0v) is 20.2. The Hall–Kier alpha value is -1.55. The number of halogens is 1. The van der Waals surface area contributed by atoms with E-state index in [9.17, 15) is 4.79 Å². The number of rotatable bonds is 8. The predicted molar refractivity (Wildman–Crippen MR) is 129 cm³/mol. The van der Waals surface area contributed by atoms with Crippen molar-refractivity contribution in [3.63, 3.8) is 0 Å². The summed E-state index contributed by atoms with van der Waals surface area (Å²) in [5, 5.41) is 3.29. The highest BCUT2D eigenvalue weighted by atomic mass is 127. The Morgan fingerprint density at radius 3 is 2.52 bits per heavy atom. The van der Waals surface area contributed by atoms with Crippen LogP contribution in [0.3, 0.4) is 0 Å². The molecule has 164 valence electrons. The fraction of sp³-hybridized carbons (Fsp3) is 0.619. The molecule has 1 aromatic carbocycles. The van der Waals surface area contributed by atoms with Gasteiger partial charge in [0.1, 0.15) is 0 Å². The summed E-state index contributed by atoms with van der Waals surface area (Å²) in [4.78, 5) is 20.4. The Bertz CT molecular complexity index is 644. The lowest BCUT2D eigenvalue weighted by Crippen LogP contribution is -2.48. The van der Waals surface area contributed by atoms with E-state index in [2.05, 4.69) is 53.3 Å². The van der Waals surface area contributed by atoms with Crippen LogP contribution < -0.4 is 11.1 Å². The van der Waals surface area contributed by atoms with Gasteiger partial charge in [-0.05, 0) is 44.0 Å². The number of aliphatic imine (C=N–C) groups is 1. The number of hydrogen-bond acceptors (Lipinski definition) is 4. The van der Waals surface area contributed by atoms with E-state index in [0.29, 0.717) is 32.2 Å². The summed E-state index contributed by atoms with van der Waals surface area (Å²) in [5.41, 5.74) is 8.54. The van der Waals surface area contributed by atoms with Crippen LogP contribution in [0, 0.1) is 0 Å². The van der Waals surface area contributed by atoms with Gasteiger partial charge in [-0.3, -0.25) is 4.90 Å². The number of benzene rings is 1. The molecule has 0 radical (unpaired) electrons. The van der Waals surface area contributed by atoms with E-state index < -0.39 is 0 Å². The van der Waals surface area contributed by atoms with Gasteiger partial charge >= 0.3 is 6.09 Å². The number of ether oxygens (including phenoxy) is 1. The maximum atomic E-state index is 11.8. The maximum Gasteiger partial charge on any atom is 0.409 e. The molecule has 29 heavy (non-hydrogen) atoms. The number of piperidine rings is 1. The second-order valence-corrected chi connectivity index (χ2v) is 7.09. The molecule has 0 bridgehead atoms. The van der Waals surface area contributed by atoms with Gasteiger partial charge in [-0.2, -0.15) is 0 Å². The van der Waals surface area contributed by atoms with Crippen LogP contribution in [0.1, 0.15) is 44.7 Å². The Morgan fingerprint density at radius 2 is 1.90 bits per heavy atom. The van der Waals surface area contributed by atoms with Crippen molar-refractivity contribution in [1.29, 1.82) is 0 Å². The summed E-state index contributed by atoms with van der Waals surface area (Å²) >= 11 is 0. The highest BCUT2D eigenvalue weighted by Crippen LogP contribution is 2.12. The average molecular weight is 517 g/mol. The van der Waals surface area contributed by atoms with Crippen molar-refractivity contribution in [2.24, 2.45) is 10.7 Å². The van der Waals surface area contributed by atoms with E-state index in [1.165, 1.54) is 5.56 Å². The third kappa shape index (κ3) is 8.77. The summed E-state index contributed by atoms with van der Waals surface area (Å²) in [6.45, 7) is 11.6. The van der Waals surface area contributed by atoms with E-state index in [-0.39, 0.29) is 36.1 Å². The minimum atomic E-state index is -0.229. The fourth-order valence-electron chi connectivity index (χ4n) is 3.38. The number of nitrogens with two attached hydrogens (primary N) is 1. The molecule has 1 aliphatic rings. The minimum Gasteiger partial charge on any atom is -0.450 e. The molecule has 0 saturated carbocycles. The van der Waals surface area contributed by atoms with Crippen molar-refractivity contribution < 1.29 is 9.53 Å². The third-order valence-corrected chi connectivity index (χ3v) is 5.10. The van der Waals surface area contributed by atoms with Gasteiger partial charge in [0.25, 0.3) is 0 Å². The molecule has 0 aliphatic carbocycles. The highest BCUT2D eigenvalue weighted by molar-refractivity contribution is 14.0. The number of nitrogens with one attached hydrogen (secondary N) is 1. The number of amides is 1. The van der Waals surface area contributed by atoms with Crippen LogP contribution >= 0.6 is 24.0 Å². The molecule has 1 aliphatic heterocycles. The van der Waals surface area contributed by atoms with Gasteiger partial charge in [-0.15, -0.1) is 24.0 Å². The van der Waals surface area contributed by atoms with E-state index in [0.717, 1.165) is 38.0 Å². The smallest absolute Gasteiger partial charge is 0.409 e. The molecule has 1 amide bonds. The number of guanidine groups is 1. The molecular weight excluding hydrogens is 481 g/mol. The molecule has 1 heterocycles. The minimum absolute atomic E-state index is 0. The van der Waals surface area contributed by atoms with E-state index in [1.807, 2.05) is 6.92 Å². The number of carbonyl (C=O) groups is 1. The van der Waals surface area contributed by atoms with E-state index >= 15 is 0 Å². The van der Waals surface area contributed by atoms with Gasteiger partial charge in [0, 0.05) is 25.7 Å². The van der Waals surface area contributed by atoms with Gasteiger partial charge in [0.05, 0.1) is 13.2 Å². The molecule has 8 heteroatoms. The summed E-state index contributed by atoms with van der Waals surface area (Å²) in [7, 11) is 0. The summed E-state index contributed by atoms with van der Waals surface area (Å²) in [5.74, 6) is 0.462. The largest absolute Gasteiger partial charge is 0.450 e. The molecule has 2 rings (SSSR count). The van der Waals surface area contributed by atoms with Crippen molar-refractivity contribution in [3.8, 4) is 0 Å². The molecule has 1 saturated heterocycles. The average Bonchev–Trinajstić information content (AvgIpc) is 2.71. The van der Waals surface area contributed by atoms with E-state index in [4.69, 9.17) is 10.5 Å². The predicted octanol–water partition coefficient (Wildman–Crippen LogP) is 3.17. The molecular formula is C21H36IN5O2. The lowest BCUT2D eigenvalue weighted by molar-refractivity contribution is 0.0963. The second kappa shape index (κ2) is 13.6. The van der Waals surface area contributed by atoms with Crippen LogP contribution in [0.5, 0.6) is 0 Å². The molecule has 0 unspecified atom stereocenters. The number of carbonyl (C=O) groups excluding carboxylic acids is 1. The molecule has 0 atom stereocenters. The molecule has 7 nitrogen and oxygen atoms in total. The van der Waals surface area contributed by atoms with Crippen LogP contribution in [0.15, 0.2) is 29.3 Å². The highest BCUT2D eigenvalue weighted by Gasteiger charge is 2.23. The monoisotopic (exact) mass is 517 g/mol. The fourth-order valence-corrected chi connectivity index (χ4v) is 3.38. The van der Waals surface area contributed by atoms with Gasteiger partial charge in [0.15, 0.2) is 5.96 Å². The van der Waals surface area contributed by atoms with Gasteiger partial charge < -0.3 is 20.7 Å². The second-order valence-electron chi connectivity index (χ2n) is 7.09. The molecule has 0 spiro atoms. The normalized spacial score (nSPS) is 15.2. The van der Waals surface area contributed by atoms with E-state index in [1.54, 1.807) is 4.90 Å². The van der Waals surface area contributed by atoms with Crippen LogP contribution in [0.2, 0.25) is 0 Å². The lowest BCUT2D eigenvalue weighted by Gasteiger charge is -2.31. The quantitative estimate of drug-likeness (QED) is 0.315. The summed E-state index contributed by atoms with van der Waals surface area (Å²) in [6, 6.07) is 8.76. The zero-order valence-electron chi connectivity index (χ0n) is 17.9. The zero-order chi connectivity index (χ0) is 20.4. The van der Waals surface area contributed by atoms with Gasteiger partial charge in [-0.25, -0.2) is 9.79 Å². The van der Waals surface area contributed by atoms with Crippen molar-refractivity contribution >= 4 is 36.0 Å². The molecule has 0 aromatic heterocycles. The van der Waals surface area contributed by atoms with Crippen LogP contribution in [0.4, 0.5) is 4.79 Å². The summed E-state index contributed by atoms with van der Waals surface area (Å²) < 4.78 is 5.05. The SMILES string of the molecule is CCOC(=O)N1CCC(NC(N)=NCc2cccc(CN(CC)CC)c2)CC1.I. The third-order valence-electron chi connectivity index (χ3n) is 5.10. The van der Waals surface area contributed by atoms with Crippen molar-refractivity contribution in [2.75, 3.05) is 32.8 Å². The van der Waals surface area contributed by atoms with Crippen LogP contribution in [0.25, 0.3) is 0 Å². The Labute approximate surface area is 192 Å². The topological polar surface area (TPSA) is 83.2 Å². The van der Waals surface area contributed by atoms with Crippen molar-refractivity contribution in [1.82, 2.24) is 15.1 Å². The van der Waals surface area contributed by atoms with Crippen LogP contribution in [-0.2, 0) is 17.8 Å².